The first-order chi connectivity index (χ1) is 6.95. The van der Waals surface area contributed by atoms with Gasteiger partial charge in [-0.15, -0.1) is 0 Å². The van der Waals surface area contributed by atoms with Crippen LogP contribution in [0.4, 0.5) is 0 Å². The molecule has 0 aliphatic heterocycles. The summed E-state index contributed by atoms with van der Waals surface area (Å²) in [6.45, 7) is 0. The van der Waals surface area contributed by atoms with Crippen LogP contribution in [0.3, 0.4) is 0 Å². The van der Waals surface area contributed by atoms with Gasteiger partial charge < -0.3 is 0 Å². The van der Waals surface area contributed by atoms with Gasteiger partial charge in [0.15, 0.2) is 0 Å². The lowest BCUT2D eigenvalue weighted by molar-refractivity contribution is 1.38. The van der Waals surface area contributed by atoms with Gasteiger partial charge >= 0.3 is 0 Å². The number of benzene rings is 1. The zero-order valence-electron chi connectivity index (χ0n) is 7.44. The fourth-order valence-electron chi connectivity index (χ4n) is 1.64. The molecule has 14 heavy (non-hydrogen) atoms. The summed E-state index contributed by atoms with van der Waals surface area (Å²) >= 11 is 0. The minimum Gasteiger partial charge on any atom is -0.256 e. The van der Waals surface area contributed by atoms with Crippen molar-refractivity contribution in [1.82, 2.24) is 9.97 Å². The summed E-state index contributed by atoms with van der Waals surface area (Å²) in [5.74, 6) is 0. The zero-order chi connectivity index (χ0) is 9.38. The van der Waals surface area contributed by atoms with Gasteiger partial charge in [0.2, 0.25) is 0 Å². The molecule has 1 radical (unpaired) electrons. The Kier molecular flexibility index (Phi) is 1.47. The van der Waals surface area contributed by atoms with Gasteiger partial charge in [0, 0.05) is 17.0 Å². The molecule has 0 spiro atoms. The minimum atomic E-state index is 0.970. The Balaban J connectivity index is 2.61. The van der Waals surface area contributed by atoms with E-state index in [9.17, 15) is 0 Å². The van der Waals surface area contributed by atoms with E-state index in [2.05, 4.69) is 16.2 Å². The van der Waals surface area contributed by atoms with Crippen LogP contribution in [0, 0.1) is 6.20 Å². The molecular formula is C12H7N2. The molecule has 0 bridgehead atoms. The number of pyridine rings is 2. The predicted molar refractivity (Wildman–Crippen MR) is 55.9 cm³/mol. The fourth-order valence-corrected chi connectivity index (χ4v) is 1.64. The van der Waals surface area contributed by atoms with Crippen molar-refractivity contribution in [2.24, 2.45) is 0 Å². The van der Waals surface area contributed by atoms with Crippen LogP contribution in [0.1, 0.15) is 0 Å². The second-order valence-electron chi connectivity index (χ2n) is 3.15. The maximum atomic E-state index is 4.28. The Bertz CT molecular complexity index is 547. The number of hydrogen-bond donors (Lipinski definition) is 0. The molecule has 2 heterocycles. The highest BCUT2D eigenvalue weighted by atomic mass is 14.7. The van der Waals surface area contributed by atoms with Gasteiger partial charge in [-0.05, 0) is 24.3 Å². The van der Waals surface area contributed by atoms with Crippen LogP contribution in [0.15, 0.2) is 42.6 Å². The van der Waals surface area contributed by atoms with Gasteiger partial charge in [0.05, 0.1) is 17.2 Å². The molecule has 3 rings (SSSR count). The molecule has 65 valence electrons. The van der Waals surface area contributed by atoms with Crippen molar-refractivity contribution in [3.8, 4) is 0 Å². The van der Waals surface area contributed by atoms with Crippen LogP contribution >= 0.6 is 0 Å². The lowest BCUT2D eigenvalue weighted by atomic mass is 10.1. The molecule has 0 aliphatic rings. The van der Waals surface area contributed by atoms with E-state index in [1.165, 1.54) is 0 Å². The van der Waals surface area contributed by atoms with E-state index in [4.69, 9.17) is 0 Å². The summed E-state index contributed by atoms with van der Waals surface area (Å²) < 4.78 is 0. The highest BCUT2D eigenvalue weighted by Crippen LogP contribution is 2.20. The standard InChI is InChI=1S/C12H7N2/c1-3-9-5-6-11-10(4-2-7-13-11)12(9)14-8-1/h1-7H. The van der Waals surface area contributed by atoms with E-state index in [-0.39, 0.29) is 0 Å². The number of fused-ring (bicyclic) bond motifs is 3. The lowest BCUT2D eigenvalue weighted by Crippen LogP contribution is -1.82. The van der Waals surface area contributed by atoms with E-state index in [1.807, 2.05) is 36.4 Å². The molecule has 3 aromatic rings. The molecule has 0 N–H and O–H groups in total. The summed E-state index contributed by atoms with van der Waals surface area (Å²) in [5, 5.41) is 2.21. The van der Waals surface area contributed by atoms with Crippen LogP contribution < -0.4 is 0 Å². The van der Waals surface area contributed by atoms with Gasteiger partial charge in [0.25, 0.3) is 0 Å². The topological polar surface area (TPSA) is 25.8 Å². The molecule has 0 unspecified atom stereocenters. The normalized spacial score (nSPS) is 10.9. The number of rotatable bonds is 0. The molecule has 2 aromatic heterocycles. The first kappa shape index (κ1) is 7.44. The fraction of sp³-hybridized carbons (Fsp3) is 0. The molecule has 0 fully saturated rings. The summed E-state index contributed by atoms with van der Waals surface area (Å²) in [7, 11) is 0. The maximum absolute atomic E-state index is 4.28. The number of nitrogens with zero attached hydrogens (tertiary/aromatic N) is 2. The second-order valence-corrected chi connectivity index (χ2v) is 3.15. The Morgan fingerprint density at radius 1 is 1.07 bits per heavy atom. The SMILES string of the molecule is [c]1ccc2ccc3ncccc3c2n1. The summed E-state index contributed by atoms with van der Waals surface area (Å²) in [6.07, 6.45) is 4.64. The molecule has 2 nitrogen and oxygen atoms in total. The minimum absolute atomic E-state index is 0.970. The summed E-state index contributed by atoms with van der Waals surface area (Å²) in [4.78, 5) is 8.52. The van der Waals surface area contributed by atoms with Gasteiger partial charge in [-0.1, -0.05) is 12.1 Å². The first-order valence-corrected chi connectivity index (χ1v) is 4.46. The van der Waals surface area contributed by atoms with Crippen LogP contribution in [0.25, 0.3) is 21.8 Å². The Morgan fingerprint density at radius 3 is 3.07 bits per heavy atom. The van der Waals surface area contributed by atoms with Gasteiger partial charge in [-0.3, -0.25) is 4.98 Å². The molecular weight excluding hydrogens is 172 g/mol. The molecule has 0 saturated heterocycles. The third kappa shape index (κ3) is 0.973. The molecule has 0 atom stereocenters. The molecule has 2 heteroatoms. The smallest absolute Gasteiger partial charge is 0.0894 e. The van der Waals surface area contributed by atoms with Crippen LogP contribution in [-0.2, 0) is 0 Å². The maximum Gasteiger partial charge on any atom is 0.0894 e. The van der Waals surface area contributed by atoms with Crippen LogP contribution in [-0.4, -0.2) is 9.97 Å². The third-order valence-corrected chi connectivity index (χ3v) is 2.30. The van der Waals surface area contributed by atoms with Gasteiger partial charge in [-0.2, -0.15) is 0 Å². The summed E-state index contributed by atoms with van der Waals surface area (Å²) in [5.41, 5.74) is 1.95. The average Bonchev–Trinajstić information content (AvgIpc) is 2.29. The second kappa shape index (κ2) is 2.77. The Morgan fingerprint density at radius 2 is 2.07 bits per heavy atom. The highest BCUT2D eigenvalue weighted by molar-refractivity contribution is 6.03. The van der Waals surface area contributed by atoms with Crippen LogP contribution in [0.2, 0.25) is 0 Å². The lowest BCUT2D eigenvalue weighted by Gasteiger charge is -2.00. The molecule has 1 aromatic carbocycles. The van der Waals surface area contributed by atoms with Crippen LogP contribution in [0.5, 0.6) is 0 Å². The van der Waals surface area contributed by atoms with E-state index >= 15 is 0 Å². The Hall–Kier alpha value is -1.96. The van der Waals surface area contributed by atoms with Crippen molar-refractivity contribution in [1.29, 1.82) is 0 Å². The van der Waals surface area contributed by atoms with E-state index in [1.54, 1.807) is 6.20 Å². The molecule has 0 saturated carbocycles. The zero-order valence-corrected chi connectivity index (χ0v) is 7.44. The van der Waals surface area contributed by atoms with Crippen molar-refractivity contribution in [2.75, 3.05) is 0 Å². The van der Waals surface area contributed by atoms with Crippen molar-refractivity contribution in [3.05, 3.63) is 48.8 Å². The number of hydrogen-bond acceptors (Lipinski definition) is 2. The van der Waals surface area contributed by atoms with E-state index in [0.29, 0.717) is 0 Å². The van der Waals surface area contributed by atoms with E-state index < -0.39 is 0 Å². The number of aromatic nitrogens is 2. The quantitative estimate of drug-likeness (QED) is 0.496. The van der Waals surface area contributed by atoms with E-state index in [0.717, 1.165) is 21.8 Å². The van der Waals surface area contributed by atoms with Crippen molar-refractivity contribution >= 4 is 21.8 Å². The predicted octanol–water partition coefficient (Wildman–Crippen LogP) is 2.58. The highest BCUT2D eigenvalue weighted by Gasteiger charge is 1.99. The van der Waals surface area contributed by atoms with Gasteiger partial charge in [-0.25, -0.2) is 4.98 Å². The molecule has 0 amide bonds. The van der Waals surface area contributed by atoms with Gasteiger partial charge in [0.1, 0.15) is 0 Å². The third-order valence-electron chi connectivity index (χ3n) is 2.30. The largest absolute Gasteiger partial charge is 0.256 e. The monoisotopic (exact) mass is 179 g/mol. The molecule has 0 aliphatic carbocycles. The Labute approximate surface area is 81.2 Å². The first-order valence-electron chi connectivity index (χ1n) is 4.46. The summed E-state index contributed by atoms with van der Waals surface area (Å²) in [6, 6.07) is 11.8. The van der Waals surface area contributed by atoms with Crippen molar-refractivity contribution in [2.45, 2.75) is 0 Å². The van der Waals surface area contributed by atoms with Crippen molar-refractivity contribution in [3.63, 3.8) is 0 Å². The van der Waals surface area contributed by atoms with Crippen molar-refractivity contribution < 1.29 is 0 Å². The average molecular weight is 179 g/mol.